The number of fused-ring (bicyclic) bond motifs is 1. The minimum atomic E-state index is -0.114. The molecule has 166 valence electrons. The summed E-state index contributed by atoms with van der Waals surface area (Å²) in [7, 11) is 4.08. The van der Waals surface area contributed by atoms with Gasteiger partial charge in [-0.15, -0.1) is 0 Å². The molecule has 0 radical (unpaired) electrons. The zero-order valence-corrected chi connectivity index (χ0v) is 19.0. The van der Waals surface area contributed by atoms with Crippen LogP contribution in [-0.4, -0.2) is 39.7 Å². The fourth-order valence-electron chi connectivity index (χ4n) is 4.31. The van der Waals surface area contributed by atoms with E-state index in [1.54, 1.807) is 0 Å². The lowest BCUT2D eigenvalue weighted by atomic mass is 10.0. The molecule has 0 spiro atoms. The number of para-hydroxylation sites is 2. The molecular formula is C27H31N3O2. The molecule has 1 heterocycles. The van der Waals surface area contributed by atoms with Gasteiger partial charge in [0, 0.05) is 38.6 Å². The number of ether oxygens (including phenoxy) is 1. The van der Waals surface area contributed by atoms with Crippen LogP contribution in [0.1, 0.15) is 34.5 Å². The van der Waals surface area contributed by atoms with Gasteiger partial charge in [0.05, 0.1) is 18.2 Å². The lowest BCUT2D eigenvalue weighted by Crippen LogP contribution is -2.37. The van der Waals surface area contributed by atoms with Gasteiger partial charge in [-0.05, 0) is 54.8 Å². The molecule has 0 fully saturated rings. The Labute approximate surface area is 190 Å². The van der Waals surface area contributed by atoms with Crippen LogP contribution in [0.4, 0.5) is 11.4 Å². The second kappa shape index (κ2) is 9.77. The van der Waals surface area contributed by atoms with Crippen LogP contribution in [0.3, 0.4) is 0 Å². The van der Waals surface area contributed by atoms with E-state index in [4.69, 9.17) is 4.74 Å². The first-order chi connectivity index (χ1) is 15.6. The van der Waals surface area contributed by atoms with E-state index in [1.807, 2.05) is 45.3 Å². The van der Waals surface area contributed by atoms with Crippen LogP contribution in [0.2, 0.25) is 0 Å². The van der Waals surface area contributed by atoms with Crippen molar-refractivity contribution in [3.63, 3.8) is 0 Å². The van der Waals surface area contributed by atoms with Crippen LogP contribution in [0.5, 0.6) is 5.75 Å². The van der Waals surface area contributed by atoms with Crippen molar-refractivity contribution in [2.24, 2.45) is 0 Å². The molecule has 0 saturated carbocycles. The summed E-state index contributed by atoms with van der Waals surface area (Å²) in [6, 6.07) is 24.6. The van der Waals surface area contributed by atoms with Crippen LogP contribution in [0, 0.1) is 0 Å². The van der Waals surface area contributed by atoms with Gasteiger partial charge in [-0.2, -0.15) is 0 Å². The quantitative estimate of drug-likeness (QED) is 0.565. The molecule has 4 rings (SSSR count). The highest BCUT2D eigenvalue weighted by atomic mass is 16.5. The second-order valence-corrected chi connectivity index (χ2v) is 8.21. The Morgan fingerprint density at radius 3 is 2.50 bits per heavy atom. The average molecular weight is 430 g/mol. The minimum Gasteiger partial charge on any atom is -0.493 e. The van der Waals surface area contributed by atoms with Crippen molar-refractivity contribution >= 4 is 17.3 Å². The molecule has 1 amide bonds. The lowest BCUT2D eigenvalue weighted by Gasteiger charge is -2.31. The fourth-order valence-corrected chi connectivity index (χ4v) is 4.31. The van der Waals surface area contributed by atoms with Crippen molar-refractivity contribution in [3.05, 3.63) is 89.5 Å². The highest BCUT2D eigenvalue weighted by Crippen LogP contribution is 2.35. The third-order valence-electron chi connectivity index (χ3n) is 5.98. The highest BCUT2D eigenvalue weighted by Gasteiger charge is 2.28. The zero-order chi connectivity index (χ0) is 22.5. The number of rotatable bonds is 8. The number of benzene rings is 3. The number of nitrogens with one attached hydrogen (secondary N) is 1. The summed E-state index contributed by atoms with van der Waals surface area (Å²) < 4.78 is 5.66. The highest BCUT2D eigenvalue weighted by molar-refractivity contribution is 5.97. The summed E-state index contributed by atoms with van der Waals surface area (Å²) in [6.45, 7) is 3.89. The van der Waals surface area contributed by atoms with Crippen molar-refractivity contribution in [1.82, 2.24) is 5.32 Å². The third kappa shape index (κ3) is 4.57. The predicted octanol–water partition coefficient (Wildman–Crippen LogP) is 4.69. The predicted molar refractivity (Wildman–Crippen MR) is 131 cm³/mol. The Kier molecular flexibility index (Phi) is 6.64. The number of hydrogen-bond donors (Lipinski definition) is 1. The topological polar surface area (TPSA) is 44.8 Å². The Morgan fingerprint density at radius 2 is 1.75 bits per heavy atom. The average Bonchev–Trinajstić information content (AvgIpc) is 3.24. The van der Waals surface area contributed by atoms with Crippen LogP contribution >= 0.6 is 0 Å². The number of carbonyl (C=O) groups excluding carboxylic acids is 1. The smallest absolute Gasteiger partial charge is 0.255 e. The second-order valence-electron chi connectivity index (χ2n) is 8.21. The molecule has 0 aliphatic carbocycles. The summed E-state index contributed by atoms with van der Waals surface area (Å²) in [4.78, 5) is 17.6. The van der Waals surface area contributed by atoms with Crippen LogP contribution in [0.15, 0.2) is 72.8 Å². The first-order valence-electron chi connectivity index (χ1n) is 11.2. The van der Waals surface area contributed by atoms with Crippen LogP contribution in [0.25, 0.3) is 0 Å². The molecule has 32 heavy (non-hydrogen) atoms. The van der Waals surface area contributed by atoms with Gasteiger partial charge in [-0.1, -0.05) is 42.5 Å². The van der Waals surface area contributed by atoms with Gasteiger partial charge in [0.2, 0.25) is 0 Å². The number of nitrogens with zero attached hydrogens (tertiary/aromatic N) is 2. The summed E-state index contributed by atoms with van der Waals surface area (Å²) in [5.41, 5.74) is 5.51. The van der Waals surface area contributed by atoms with E-state index >= 15 is 0 Å². The zero-order valence-electron chi connectivity index (χ0n) is 19.0. The molecule has 0 saturated heterocycles. The monoisotopic (exact) mass is 429 g/mol. The molecule has 1 atom stereocenters. The molecule has 0 bridgehead atoms. The van der Waals surface area contributed by atoms with Crippen molar-refractivity contribution < 1.29 is 9.53 Å². The van der Waals surface area contributed by atoms with Crippen molar-refractivity contribution in [3.8, 4) is 5.75 Å². The standard InChI is InChI=1S/C27H31N3O2/c1-4-32-26-12-8-6-10-23(26)27(31)28-19-25(21-13-15-22(16-14-21)29(2)3)30-18-17-20-9-5-7-11-24(20)30/h5-16,25H,4,17-19H2,1-3H3,(H,28,31)/t25-/m1/s1. The SMILES string of the molecule is CCOc1ccccc1C(=O)NC[C@H](c1ccc(N(C)C)cc1)N1CCc2ccccc21. The summed E-state index contributed by atoms with van der Waals surface area (Å²) in [6.07, 6.45) is 1.02. The molecule has 3 aromatic rings. The normalized spacial score (nSPS) is 13.4. The summed E-state index contributed by atoms with van der Waals surface area (Å²) in [5, 5.41) is 3.17. The molecule has 5 nitrogen and oxygen atoms in total. The summed E-state index contributed by atoms with van der Waals surface area (Å²) in [5.74, 6) is 0.502. The maximum absolute atomic E-state index is 13.1. The molecule has 1 aliphatic heterocycles. The number of carbonyl (C=O) groups is 1. The van der Waals surface area contributed by atoms with Gasteiger partial charge < -0.3 is 19.9 Å². The van der Waals surface area contributed by atoms with Gasteiger partial charge >= 0.3 is 0 Å². The Morgan fingerprint density at radius 1 is 1.03 bits per heavy atom. The van der Waals surface area contributed by atoms with Crippen molar-refractivity contribution in [2.75, 3.05) is 43.6 Å². The maximum atomic E-state index is 13.1. The van der Waals surface area contributed by atoms with Gasteiger partial charge in [0.25, 0.3) is 5.91 Å². The molecule has 0 aromatic heterocycles. The van der Waals surface area contributed by atoms with Gasteiger partial charge in [0.1, 0.15) is 5.75 Å². The van der Waals surface area contributed by atoms with Crippen molar-refractivity contribution in [2.45, 2.75) is 19.4 Å². The third-order valence-corrected chi connectivity index (χ3v) is 5.98. The first-order valence-corrected chi connectivity index (χ1v) is 11.2. The molecule has 3 aromatic carbocycles. The molecule has 0 unspecified atom stereocenters. The van der Waals surface area contributed by atoms with E-state index in [9.17, 15) is 4.79 Å². The van der Waals surface area contributed by atoms with E-state index in [1.165, 1.54) is 16.8 Å². The lowest BCUT2D eigenvalue weighted by molar-refractivity contribution is 0.0947. The summed E-state index contributed by atoms with van der Waals surface area (Å²) >= 11 is 0. The van der Waals surface area contributed by atoms with Crippen LogP contribution < -0.4 is 19.9 Å². The van der Waals surface area contributed by atoms with E-state index < -0.39 is 0 Å². The maximum Gasteiger partial charge on any atom is 0.255 e. The molecule has 1 aliphatic rings. The Hall–Kier alpha value is -3.47. The van der Waals surface area contributed by atoms with Crippen molar-refractivity contribution in [1.29, 1.82) is 0 Å². The Bertz CT molecular complexity index is 1060. The number of anilines is 2. The fraction of sp³-hybridized carbons (Fsp3) is 0.296. The molecule has 5 heteroatoms. The molecular weight excluding hydrogens is 398 g/mol. The largest absolute Gasteiger partial charge is 0.493 e. The number of amides is 1. The molecule has 1 N–H and O–H groups in total. The van der Waals surface area contributed by atoms with Gasteiger partial charge in [-0.3, -0.25) is 4.79 Å². The Balaban J connectivity index is 1.60. The number of hydrogen-bond acceptors (Lipinski definition) is 4. The van der Waals surface area contributed by atoms with E-state index in [0.29, 0.717) is 24.5 Å². The van der Waals surface area contributed by atoms with E-state index in [0.717, 1.165) is 18.7 Å². The first kappa shape index (κ1) is 21.8. The minimum absolute atomic E-state index is 0.0399. The van der Waals surface area contributed by atoms with Gasteiger partial charge in [-0.25, -0.2) is 0 Å². The van der Waals surface area contributed by atoms with Crippen LogP contribution in [-0.2, 0) is 6.42 Å². The van der Waals surface area contributed by atoms with E-state index in [-0.39, 0.29) is 11.9 Å². The van der Waals surface area contributed by atoms with E-state index in [2.05, 4.69) is 63.6 Å². The van der Waals surface area contributed by atoms with Gasteiger partial charge in [0.15, 0.2) is 0 Å².